The number of nitriles is 1. The molecule has 0 saturated carbocycles. The Labute approximate surface area is 76.2 Å². The van der Waals surface area contributed by atoms with Crippen molar-refractivity contribution in [3.8, 4) is 6.07 Å². The lowest BCUT2D eigenvalue weighted by molar-refractivity contribution is -0.140. The summed E-state index contributed by atoms with van der Waals surface area (Å²) in [7, 11) is 0. The summed E-state index contributed by atoms with van der Waals surface area (Å²) in [5, 5.41) is 16.5. The molecule has 13 heavy (non-hydrogen) atoms. The van der Waals surface area contributed by atoms with Crippen molar-refractivity contribution in [3.63, 3.8) is 0 Å². The van der Waals surface area contributed by atoms with E-state index in [2.05, 4.69) is 11.3 Å². The average molecular weight is 185 g/mol. The lowest BCUT2D eigenvalue weighted by Crippen LogP contribution is -2.12. The Morgan fingerprint density at radius 2 is 2.15 bits per heavy atom. The molecule has 5 heteroatoms. The van der Waals surface area contributed by atoms with Crippen LogP contribution >= 0.6 is 0 Å². The van der Waals surface area contributed by atoms with Crippen LogP contribution in [-0.4, -0.2) is 37.5 Å². The molecule has 1 N–H and O–H groups in total. The smallest absolute Gasteiger partial charge is 0.348 e. The first-order valence-electron chi connectivity index (χ1n) is 3.67. The molecule has 0 unspecified atom stereocenters. The van der Waals surface area contributed by atoms with E-state index in [4.69, 9.17) is 15.1 Å². The van der Waals surface area contributed by atoms with E-state index in [1.54, 1.807) is 6.07 Å². The van der Waals surface area contributed by atoms with Gasteiger partial charge in [0.25, 0.3) is 0 Å². The summed E-state index contributed by atoms with van der Waals surface area (Å²) < 4.78 is 9.38. The Balaban J connectivity index is 3.39. The van der Waals surface area contributed by atoms with E-state index in [-0.39, 0.29) is 32.0 Å². The topological polar surface area (TPSA) is 79.6 Å². The number of aliphatic hydroxyl groups excluding tert-OH is 1. The van der Waals surface area contributed by atoms with Crippen molar-refractivity contribution in [1.29, 1.82) is 5.26 Å². The largest absolute Gasteiger partial charge is 0.459 e. The predicted octanol–water partition coefficient (Wildman–Crippen LogP) is -0.382. The van der Waals surface area contributed by atoms with Gasteiger partial charge < -0.3 is 14.6 Å². The lowest BCUT2D eigenvalue weighted by atomic mass is 10.3. The summed E-state index contributed by atoms with van der Waals surface area (Å²) in [6.07, 6.45) is 0. The van der Waals surface area contributed by atoms with Crippen molar-refractivity contribution in [2.24, 2.45) is 0 Å². The summed E-state index contributed by atoms with van der Waals surface area (Å²) >= 11 is 0. The number of carbonyl (C=O) groups is 1. The standard InChI is InChI=1S/C8H11NO4/c1-7(6-9)8(11)13-5-4-12-3-2-10/h10H,1-5H2. The molecule has 0 radical (unpaired) electrons. The van der Waals surface area contributed by atoms with Crippen LogP contribution in [0.25, 0.3) is 0 Å². The molecule has 0 heterocycles. The van der Waals surface area contributed by atoms with Gasteiger partial charge in [-0.3, -0.25) is 0 Å². The van der Waals surface area contributed by atoms with Gasteiger partial charge in [-0.1, -0.05) is 6.58 Å². The van der Waals surface area contributed by atoms with Crippen LogP contribution in [0.1, 0.15) is 0 Å². The molecule has 0 aliphatic rings. The van der Waals surface area contributed by atoms with Gasteiger partial charge in [0, 0.05) is 0 Å². The molecular weight excluding hydrogens is 174 g/mol. The Hall–Kier alpha value is -1.38. The Morgan fingerprint density at radius 3 is 2.69 bits per heavy atom. The predicted molar refractivity (Wildman–Crippen MR) is 43.6 cm³/mol. The maximum absolute atomic E-state index is 10.8. The molecule has 0 saturated heterocycles. The maximum Gasteiger partial charge on any atom is 0.348 e. The second-order valence-corrected chi connectivity index (χ2v) is 2.06. The Morgan fingerprint density at radius 1 is 1.46 bits per heavy atom. The van der Waals surface area contributed by atoms with E-state index in [1.165, 1.54) is 0 Å². The lowest BCUT2D eigenvalue weighted by Gasteiger charge is -2.03. The molecule has 0 fully saturated rings. The molecule has 0 aliphatic heterocycles. The number of ether oxygens (including phenoxy) is 2. The highest BCUT2D eigenvalue weighted by Gasteiger charge is 2.05. The molecule has 0 spiro atoms. The Kier molecular flexibility index (Phi) is 6.51. The van der Waals surface area contributed by atoms with Crippen LogP contribution in [0.3, 0.4) is 0 Å². The van der Waals surface area contributed by atoms with Crippen LogP contribution in [-0.2, 0) is 14.3 Å². The van der Waals surface area contributed by atoms with Gasteiger partial charge in [-0.05, 0) is 0 Å². The molecule has 0 aromatic heterocycles. The fourth-order valence-electron chi connectivity index (χ4n) is 0.493. The summed E-state index contributed by atoms with van der Waals surface area (Å²) in [5.41, 5.74) is -0.234. The second-order valence-electron chi connectivity index (χ2n) is 2.06. The van der Waals surface area contributed by atoms with Crippen molar-refractivity contribution >= 4 is 5.97 Å². The summed E-state index contributed by atoms with van der Waals surface area (Å²) in [4.78, 5) is 10.8. The summed E-state index contributed by atoms with van der Waals surface area (Å²) in [6, 6.07) is 1.57. The van der Waals surface area contributed by atoms with Gasteiger partial charge in [0.05, 0.1) is 19.8 Å². The summed E-state index contributed by atoms with van der Waals surface area (Å²) in [5.74, 6) is -0.741. The average Bonchev–Trinajstić information content (AvgIpc) is 2.16. The molecule has 0 aliphatic carbocycles. The normalized spacial score (nSPS) is 8.92. The van der Waals surface area contributed by atoms with E-state index in [0.717, 1.165) is 0 Å². The van der Waals surface area contributed by atoms with E-state index in [9.17, 15) is 4.79 Å². The van der Waals surface area contributed by atoms with Crippen LogP contribution < -0.4 is 0 Å². The first kappa shape index (κ1) is 11.6. The molecule has 0 rings (SSSR count). The van der Waals surface area contributed by atoms with Crippen molar-refractivity contribution in [2.45, 2.75) is 0 Å². The van der Waals surface area contributed by atoms with Gasteiger partial charge >= 0.3 is 5.97 Å². The first-order valence-corrected chi connectivity index (χ1v) is 3.67. The molecular formula is C8H11NO4. The van der Waals surface area contributed by atoms with Gasteiger partial charge in [-0.25, -0.2) is 4.79 Å². The van der Waals surface area contributed by atoms with Gasteiger partial charge in [-0.2, -0.15) is 5.26 Å². The third-order valence-corrected chi connectivity index (χ3v) is 1.08. The highest BCUT2D eigenvalue weighted by molar-refractivity contribution is 5.91. The number of rotatable bonds is 6. The zero-order valence-corrected chi connectivity index (χ0v) is 7.15. The molecule has 0 aromatic carbocycles. The van der Waals surface area contributed by atoms with Crippen LogP contribution in [0.15, 0.2) is 12.2 Å². The minimum atomic E-state index is -0.741. The van der Waals surface area contributed by atoms with E-state index >= 15 is 0 Å². The zero-order chi connectivity index (χ0) is 10.1. The van der Waals surface area contributed by atoms with Crippen molar-refractivity contribution in [2.75, 3.05) is 26.4 Å². The number of carbonyl (C=O) groups excluding carboxylic acids is 1. The minimum absolute atomic E-state index is 0.0551. The highest BCUT2D eigenvalue weighted by Crippen LogP contribution is 1.91. The number of aliphatic hydroxyl groups is 1. The monoisotopic (exact) mass is 185 g/mol. The van der Waals surface area contributed by atoms with E-state index in [0.29, 0.717) is 0 Å². The number of hydrogen-bond donors (Lipinski definition) is 1. The van der Waals surface area contributed by atoms with Crippen molar-refractivity contribution in [3.05, 3.63) is 12.2 Å². The quantitative estimate of drug-likeness (QED) is 0.264. The van der Waals surface area contributed by atoms with Gasteiger partial charge in [-0.15, -0.1) is 0 Å². The van der Waals surface area contributed by atoms with Crippen LogP contribution in [0.4, 0.5) is 0 Å². The van der Waals surface area contributed by atoms with Crippen molar-refractivity contribution in [1.82, 2.24) is 0 Å². The second kappa shape index (κ2) is 7.28. The SMILES string of the molecule is C=C(C#N)C(=O)OCCOCCO. The molecule has 0 amide bonds. The van der Waals surface area contributed by atoms with E-state index in [1.807, 2.05) is 0 Å². The molecule has 5 nitrogen and oxygen atoms in total. The van der Waals surface area contributed by atoms with Gasteiger partial charge in [0.15, 0.2) is 0 Å². The molecule has 0 atom stereocenters. The first-order chi connectivity index (χ1) is 6.22. The molecule has 0 aromatic rings. The van der Waals surface area contributed by atoms with Gasteiger partial charge in [0.1, 0.15) is 18.2 Å². The zero-order valence-electron chi connectivity index (χ0n) is 7.15. The number of nitrogens with zero attached hydrogens (tertiary/aromatic N) is 1. The summed E-state index contributed by atoms with van der Waals surface area (Å²) in [6.45, 7) is 3.56. The minimum Gasteiger partial charge on any atom is -0.459 e. The molecule has 0 bridgehead atoms. The fraction of sp³-hybridized carbons (Fsp3) is 0.500. The number of hydrogen-bond acceptors (Lipinski definition) is 5. The van der Waals surface area contributed by atoms with Crippen LogP contribution in [0.2, 0.25) is 0 Å². The van der Waals surface area contributed by atoms with Crippen molar-refractivity contribution < 1.29 is 19.4 Å². The fourth-order valence-corrected chi connectivity index (χ4v) is 0.493. The Bertz CT molecular complexity index is 219. The van der Waals surface area contributed by atoms with Crippen LogP contribution in [0, 0.1) is 11.3 Å². The number of esters is 1. The van der Waals surface area contributed by atoms with E-state index < -0.39 is 5.97 Å². The molecule has 72 valence electrons. The maximum atomic E-state index is 10.8. The third kappa shape index (κ3) is 5.84. The van der Waals surface area contributed by atoms with Crippen LogP contribution in [0.5, 0.6) is 0 Å². The van der Waals surface area contributed by atoms with Gasteiger partial charge in [0.2, 0.25) is 0 Å². The highest BCUT2D eigenvalue weighted by atomic mass is 16.6. The third-order valence-electron chi connectivity index (χ3n) is 1.08.